The van der Waals surface area contributed by atoms with Crippen molar-refractivity contribution in [2.45, 2.75) is 18.2 Å². The SMILES string of the molecule is CC/C=C/NC(=O)Nc1ccc(S(N)(=O)=O)cc1. The summed E-state index contributed by atoms with van der Waals surface area (Å²) in [7, 11) is -3.71. The first-order valence-corrected chi connectivity index (χ1v) is 6.83. The lowest BCUT2D eigenvalue weighted by Gasteiger charge is -2.05. The van der Waals surface area contributed by atoms with Gasteiger partial charge in [0.15, 0.2) is 0 Å². The summed E-state index contributed by atoms with van der Waals surface area (Å²) in [5.74, 6) is 0. The second-order valence-electron chi connectivity index (χ2n) is 3.48. The minimum atomic E-state index is -3.71. The van der Waals surface area contributed by atoms with Crippen molar-refractivity contribution in [3.05, 3.63) is 36.5 Å². The van der Waals surface area contributed by atoms with Gasteiger partial charge in [-0.3, -0.25) is 0 Å². The third-order valence-electron chi connectivity index (χ3n) is 2.01. The van der Waals surface area contributed by atoms with E-state index in [1.807, 2.05) is 6.92 Å². The Balaban J connectivity index is 2.64. The summed E-state index contributed by atoms with van der Waals surface area (Å²) in [5, 5.41) is 10.00. The number of rotatable bonds is 4. The molecule has 0 aromatic heterocycles. The van der Waals surface area contributed by atoms with Crippen LogP contribution >= 0.6 is 0 Å². The lowest BCUT2D eigenvalue weighted by molar-refractivity contribution is 0.255. The van der Waals surface area contributed by atoms with Crippen LogP contribution in [0.4, 0.5) is 10.5 Å². The zero-order chi connectivity index (χ0) is 13.6. The van der Waals surface area contributed by atoms with E-state index < -0.39 is 16.1 Å². The molecule has 0 unspecified atom stereocenters. The van der Waals surface area contributed by atoms with E-state index in [9.17, 15) is 13.2 Å². The van der Waals surface area contributed by atoms with Crippen LogP contribution in [0.2, 0.25) is 0 Å². The Labute approximate surface area is 106 Å². The molecule has 0 aliphatic rings. The maximum absolute atomic E-state index is 11.4. The fourth-order valence-electron chi connectivity index (χ4n) is 1.15. The quantitative estimate of drug-likeness (QED) is 0.769. The molecule has 0 saturated heterocycles. The normalized spacial score (nSPS) is 11.4. The molecule has 0 bridgehead atoms. The number of hydrogen-bond acceptors (Lipinski definition) is 3. The molecule has 7 heteroatoms. The number of sulfonamides is 1. The van der Waals surface area contributed by atoms with E-state index in [-0.39, 0.29) is 4.90 Å². The number of urea groups is 1. The smallest absolute Gasteiger partial charge is 0.315 e. The number of carbonyl (C=O) groups excluding carboxylic acids is 1. The Kier molecular flexibility index (Phi) is 4.87. The highest BCUT2D eigenvalue weighted by atomic mass is 32.2. The van der Waals surface area contributed by atoms with E-state index in [0.717, 1.165) is 6.42 Å². The molecule has 0 atom stereocenters. The van der Waals surface area contributed by atoms with Crippen LogP contribution in [0.1, 0.15) is 13.3 Å². The van der Waals surface area contributed by atoms with Gasteiger partial charge in [0.05, 0.1) is 4.90 Å². The first kappa shape index (κ1) is 14.2. The third-order valence-corrected chi connectivity index (χ3v) is 2.94. The standard InChI is InChI=1S/C11H15N3O3S/c1-2-3-8-13-11(15)14-9-4-6-10(7-5-9)18(12,16)17/h3-8H,2H2,1H3,(H2,12,16,17)(H2,13,14,15)/b8-3+. The van der Waals surface area contributed by atoms with Crippen molar-refractivity contribution in [1.82, 2.24) is 5.32 Å². The first-order chi connectivity index (χ1) is 8.43. The number of anilines is 1. The number of allylic oxidation sites excluding steroid dienone is 1. The van der Waals surface area contributed by atoms with E-state index in [2.05, 4.69) is 10.6 Å². The predicted molar refractivity (Wildman–Crippen MR) is 69.4 cm³/mol. The van der Waals surface area contributed by atoms with Crippen molar-refractivity contribution in [3.63, 3.8) is 0 Å². The zero-order valence-electron chi connectivity index (χ0n) is 9.88. The van der Waals surface area contributed by atoms with Gasteiger partial charge in [0.2, 0.25) is 10.0 Å². The second-order valence-corrected chi connectivity index (χ2v) is 5.04. The van der Waals surface area contributed by atoms with E-state index in [4.69, 9.17) is 5.14 Å². The average Bonchev–Trinajstić information content (AvgIpc) is 2.29. The van der Waals surface area contributed by atoms with E-state index in [0.29, 0.717) is 5.69 Å². The lowest BCUT2D eigenvalue weighted by atomic mass is 10.3. The molecule has 0 heterocycles. The Morgan fingerprint density at radius 1 is 1.33 bits per heavy atom. The molecule has 0 aliphatic carbocycles. The van der Waals surface area contributed by atoms with Gasteiger partial charge < -0.3 is 10.6 Å². The van der Waals surface area contributed by atoms with E-state index in [1.165, 1.54) is 30.5 Å². The summed E-state index contributed by atoms with van der Waals surface area (Å²) in [6.45, 7) is 1.95. The molecule has 1 rings (SSSR count). The van der Waals surface area contributed by atoms with Gasteiger partial charge in [-0.05, 0) is 30.7 Å². The number of nitrogens with two attached hydrogens (primary N) is 1. The van der Waals surface area contributed by atoms with Crippen LogP contribution in [0, 0.1) is 0 Å². The fourth-order valence-corrected chi connectivity index (χ4v) is 1.66. The van der Waals surface area contributed by atoms with Crippen molar-refractivity contribution in [2.24, 2.45) is 5.14 Å². The molecule has 1 aromatic rings. The number of nitrogens with one attached hydrogen (secondary N) is 2. The van der Waals surface area contributed by atoms with Crippen molar-refractivity contribution in [2.75, 3.05) is 5.32 Å². The van der Waals surface area contributed by atoms with Gasteiger partial charge in [-0.1, -0.05) is 13.0 Å². The summed E-state index contributed by atoms with van der Waals surface area (Å²) in [4.78, 5) is 11.4. The molecule has 1 aromatic carbocycles. The molecule has 2 amide bonds. The molecule has 18 heavy (non-hydrogen) atoms. The molecule has 0 fully saturated rings. The van der Waals surface area contributed by atoms with Gasteiger partial charge in [0.25, 0.3) is 0 Å². The summed E-state index contributed by atoms with van der Waals surface area (Å²) < 4.78 is 22.0. The Morgan fingerprint density at radius 2 is 1.94 bits per heavy atom. The average molecular weight is 269 g/mol. The molecule has 0 aliphatic heterocycles. The lowest BCUT2D eigenvalue weighted by Crippen LogP contribution is -2.23. The minimum Gasteiger partial charge on any atom is -0.315 e. The van der Waals surface area contributed by atoms with Crippen LogP contribution in [0.25, 0.3) is 0 Å². The minimum absolute atomic E-state index is 0.000614. The predicted octanol–water partition coefficient (Wildman–Crippen LogP) is 1.38. The largest absolute Gasteiger partial charge is 0.323 e. The molecule has 0 saturated carbocycles. The van der Waals surface area contributed by atoms with Crippen LogP contribution in [0.15, 0.2) is 41.4 Å². The summed E-state index contributed by atoms with van der Waals surface area (Å²) >= 11 is 0. The molecular formula is C11H15N3O3S. The van der Waals surface area contributed by atoms with Gasteiger partial charge in [0.1, 0.15) is 0 Å². The van der Waals surface area contributed by atoms with Gasteiger partial charge in [0, 0.05) is 11.9 Å². The van der Waals surface area contributed by atoms with Crippen molar-refractivity contribution >= 4 is 21.7 Å². The van der Waals surface area contributed by atoms with Crippen LogP contribution < -0.4 is 15.8 Å². The molecule has 4 N–H and O–H groups in total. The highest BCUT2D eigenvalue weighted by Gasteiger charge is 2.07. The van der Waals surface area contributed by atoms with Crippen molar-refractivity contribution < 1.29 is 13.2 Å². The highest BCUT2D eigenvalue weighted by Crippen LogP contribution is 2.12. The summed E-state index contributed by atoms with van der Waals surface area (Å²) in [6, 6.07) is 5.17. The molecule has 0 radical (unpaired) electrons. The van der Waals surface area contributed by atoms with Crippen LogP contribution in [-0.2, 0) is 10.0 Å². The molecule has 6 nitrogen and oxygen atoms in total. The highest BCUT2D eigenvalue weighted by molar-refractivity contribution is 7.89. The van der Waals surface area contributed by atoms with E-state index in [1.54, 1.807) is 6.08 Å². The molecule has 98 valence electrons. The monoisotopic (exact) mass is 269 g/mol. The van der Waals surface area contributed by atoms with Gasteiger partial charge in [-0.25, -0.2) is 18.4 Å². The zero-order valence-corrected chi connectivity index (χ0v) is 10.7. The number of carbonyl (C=O) groups is 1. The Bertz CT molecular complexity index is 535. The fraction of sp³-hybridized carbons (Fsp3) is 0.182. The van der Waals surface area contributed by atoms with E-state index >= 15 is 0 Å². The Morgan fingerprint density at radius 3 is 2.44 bits per heavy atom. The van der Waals surface area contributed by atoms with Crippen LogP contribution in [0.3, 0.4) is 0 Å². The molecule has 0 spiro atoms. The number of hydrogen-bond donors (Lipinski definition) is 3. The van der Waals surface area contributed by atoms with Gasteiger partial charge in [-0.15, -0.1) is 0 Å². The summed E-state index contributed by atoms with van der Waals surface area (Å²) in [5.41, 5.74) is 0.477. The first-order valence-electron chi connectivity index (χ1n) is 5.29. The number of amides is 2. The molecular weight excluding hydrogens is 254 g/mol. The number of benzene rings is 1. The van der Waals surface area contributed by atoms with Gasteiger partial charge in [-0.2, -0.15) is 0 Å². The maximum Gasteiger partial charge on any atom is 0.323 e. The second kappa shape index (κ2) is 6.18. The van der Waals surface area contributed by atoms with Crippen LogP contribution in [0.5, 0.6) is 0 Å². The van der Waals surface area contributed by atoms with Crippen molar-refractivity contribution in [1.29, 1.82) is 0 Å². The third kappa shape index (κ3) is 4.56. The van der Waals surface area contributed by atoms with Gasteiger partial charge >= 0.3 is 6.03 Å². The topological polar surface area (TPSA) is 101 Å². The van der Waals surface area contributed by atoms with Crippen molar-refractivity contribution in [3.8, 4) is 0 Å². The summed E-state index contributed by atoms with van der Waals surface area (Å²) in [6.07, 6.45) is 4.15. The number of primary sulfonamides is 1. The Hall–Kier alpha value is -1.86. The maximum atomic E-state index is 11.4. The van der Waals surface area contributed by atoms with Crippen LogP contribution in [-0.4, -0.2) is 14.4 Å².